The molecule has 1 aliphatic rings. The van der Waals surface area contributed by atoms with Crippen LogP contribution in [0.5, 0.6) is 17.2 Å². The molecule has 0 aliphatic carbocycles. The van der Waals surface area contributed by atoms with E-state index in [9.17, 15) is 10.1 Å². The maximum absolute atomic E-state index is 12.8. The lowest BCUT2D eigenvalue weighted by atomic mass is 10.1. The molecule has 0 fully saturated rings. The SMILES string of the molecule is N#C/C(=C\c1cn(CCOc2ccccc2)c2ccc(Br)cc12)C(=O)NCc1ccc2c(c1)OCO2. The highest BCUT2D eigenvalue weighted by Crippen LogP contribution is 2.32. The second-order valence-corrected chi connectivity index (χ2v) is 9.06. The zero-order valence-corrected chi connectivity index (χ0v) is 20.8. The number of para-hydroxylation sites is 1. The maximum Gasteiger partial charge on any atom is 0.262 e. The van der Waals surface area contributed by atoms with Gasteiger partial charge in [0.25, 0.3) is 5.91 Å². The summed E-state index contributed by atoms with van der Waals surface area (Å²) < 4.78 is 19.5. The molecule has 0 saturated heterocycles. The van der Waals surface area contributed by atoms with Crippen LogP contribution in [0.2, 0.25) is 0 Å². The van der Waals surface area contributed by atoms with E-state index < -0.39 is 5.91 Å². The van der Waals surface area contributed by atoms with Crippen LogP contribution >= 0.6 is 15.9 Å². The fraction of sp³-hybridized carbons (Fsp3) is 0.143. The van der Waals surface area contributed by atoms with Gasteiger partial charge in [-0.1, -0.05) is 40.2 Å². The van der Waals surface area contributed by atoms with Gasteiger partial charge >= 0.3 is 0 Å². The van der Waals surface area contributed by atoms with Crippen LogP contribution in [-0.4, -0.2) is 23.9 Å². The summed E-state index contributed by atoms with van der Waals surface area (Å²) in [5.74, 6) is 1.69. The number of carbonyl (C=O) groups excluding carboxylic acids is 1. The van der Waals surface area contributed by atoms with Crippen molar-refractivity contribution in [3.05, 3.63) is 94.1 Å². The van der Waals surface area contributed by atoms with Crippen molar-refractivity contribution in [2.45, 2.75) is 13.1 Å². The van der Waals surface area contributed by atoms with E-state index in [-0.39, 0.29) is 18.9 Å². The Morgan fingerprint density at radius 1 is 1.11 bits per heavy atom. The Balaban J connectivity index is 1.33. The van der Waals surface area contributed by atoms with Gasteiger partial charge in [-0.2, -0.15) is 5.26 Å². The summed E-state index contributed by atoms with van der Waals surface area (Å²) >= 11 is 3.53. The van der Waals surface area contributed by atoms with E-state index >= 15 is 0 Å². The van der Waals surface area contributed by atoms with Gasteiger partial charge in [-0.05, 0) is 54.1 Å². The normalized spacial score (nSPS) is 12.4. The molecule has 1 aliphatic heterocycles. The van der Waals surface area contributed by atoms with Crippen molar-refractivity contribution in [3.8, 4) is 23.3 Å². The number of nitriles is 1. The number of benzene rings is 3. The number of hydrogen-bond donors (Lipinski definition) is 1. The first-order valence-corrected chi connectivity index (χ1v) is 12.1. The molecule has 36 heavy (non-hydrogen) atoms. The predicted octanol–water partition coefficient (Wildman–Crippen LogP) is 5.43. The van der Waals surface area contributed by atoms with Crippen molar-refractivity contribution in [3.63, 3.8) is 0 Å². The lowest BCUT2D eigenvalue weighted by molar-refractivity contribution is -0.117. The number of nitrogens with zero attached hydrogens (tertiary/aromatic N) is 2. The van der Waals surface area contributed by atoms with Gasteiger partial charge in [-0.25, -0.2) is 0 Å². The molecule has 1 aromatic heterocycles. The van der Waals surface area contributed by atoms with E-state index in [2.05, 4.69) is 25.8 Å². The molecular formula is C28H22BrN3O4. The molecule has 0 atom stereocenters. The molecule has 0 spiro atoms. The average Bonchev–Trinajstić information content (AvgIpc) is 3.50. The Hall–Kier alpha value is -4.22. The van der Waals surface area contributed by atoms with Crippen LogP contribution in [0, 0.1) is 11.3 Å². The van der Waals surface area contributed by atoms with Gasteiger partial charge in [0.05, 0.1) is 6.54 Å². The second-order valence-electron chi connectivity index (χ2n) is 8.14. The zero-order chi connectivity index (χ0) is 24.9. The summed E-state index contributed by atoms with van der Waals surface area (Å²) in [4.78, 5) is 12.8. The van der Waals surface area contributed by atoms with Gasteiger partial charge < -0.3 is 24.1 Å². The number of hydrogen-bond acceptors (Lipinski definition) is 5. The number of nitrogens with one attached hydrogen (secondary N) is 1. The highest BCUT2D eigenvalue weighted by Gasteiger charge is 2.16. The van der Waals surface area contributed by atoms with Crippen LogP contribution < -0.4 is 19.5 Å². The molecule has 8 heteroatoms. The lowest BCUT2D eigenvalue weighted by Crippen LogP contribution is -2.23. The number of amides is 1. The van der Waals surface area contributed by atoms with E-state index in [1.165, 1.54) is 0 Å². The van der Waals surface area contributed by atoms with Crippen molar-refractivity contribution in [1.82, 2.24) is 9.88 Å². The molecule has 3 aromatic carbocycles. The molecule has 7 nitrogen and oxygen atoms in total. The van der Waals surface area contributed by atoms with Crippen LogP contribution in [0.25, 0.3) is 17.0 Å². The summed E-state index contributed by atoms with van der Waals surface area (Å²) in [6.45, 7) is 1.54. The molecule has 0 bridgehead atoms. The molecule has 0 unspecified atom stereocenters. The van der Waals surface area contributed by atoms with Gasteiger partial charge in [0, 0.05) is 33.7 Å². The second kappa shape index (κ2) is 10.6. The summed E-state index contributed by atoms with van der Waals surface area (Å²) in [6, 6.07) is 23.1. The predicted molar refractivity (Wildman–Crippen MR) is 140 cm³/mol. The van der Waals surface area contributed by atoms with E-state index in [4.69, 9.17) is 14.2 Å². The van der Waals surface area contributed by atoms with Gasteiger partial charge in [0.15, 0.2) is 11.5 Å². The highest BCUT2D eigenvalue weighted by atomic mass is 79.9. The van der Waals surface area contributed by atoms with Crippen LogP contribution in [0.4, 0.5) is 0 Å². The average molecular weight is 544 g/mol. The topological polar surface area (TPSA) is 85.5 Å². The third-order valence-electron chi connectivity index (χ3n) is 5.77. The molecule has 4 aromatic rings. The van der Waals surface area contributed by atoms with Crippen LogP contribution in [0.15, 0.2) is 83.0 Å². The number of fused-ring (bicyclic) bond motifs is 2. The molecule has 2 heterocycles. The van der Waals surface area contributed by atoms with Crippen molar-refractivity contribution >= 4 is 38.8 Å². The van der Waals surface area contributed by atoms with Crippen LogP contribution in [0.3, 0.4) is 0 Å². The third kappa shape index (κ3) is 5.21. The number of ether oxygens (including phenoxy) is 3. The van der Waals surface area contributed by atoms with Crippen molar-refractivity contribution in [2.75, 3.05) is 13.4 Å². The minimum atomic E-state index is -0.446. The van der Waals surface area contributed by atoms with E-state index in [1.807, 2.05) is 72.9 Å². The van der Waals surface area contributed by atoms with E-state index in [1.54, 1.807) is 12.1 Å². The quantitative estimate of drug-likeness (QED) is 0.236. The minimum absolute atomic E-state index is 0.0234. The van der Waals surface area contributed by atoms with E-state index in [0.29, 0.717) is 24.7 Å². The van der Waals surface area contributed by atoms with Gasteiger partial charge in [0.1, 0.15) is 24.0 Å². The van der Waals surface area contributed by atoms with Crippen LogP contribution in [-0.2, 0) is 17.9 Å². The summed E-state index contributed by atoms with van der Waals surface area (Å²) in [6.07, 6.45) is 3.56. The van der Waals surface area contributed by atoms with Crippen molar-refractivity contribution < 1.29 is 19.0 Å². The third-order valence-corrected chi connectivity index (χ3v) is 6.27. The Bertz CT molecular complexity index is 1490. The van der Waals surface area contributed by atoms with Crippen LogP contribution in [0.1, 0.15) is 11.1 Å². The molecule has 180 valence electrons. The smallest absolute Gasteiger partial charge is 0.262 e. The standard InChI is InChI=1S/C28H22BrN3O4/c29-22-7-8-25-24(14-22)21(17-32(25)10-11-34-23-4-2-1-3-5-23)13-20(15-30)28(33)31-16-19-6-9-26-27(12-19)36-18-35-26/h1-9,12-14,17H,10-11,16,18H2,(H,31,33)/b20-13+. The molecule has 0 radical (unpaired) electrons. The molecule has 1 amide bonds. The Morgan fingerprint density at radius 2 is 1.94 bits per heavy atom. The first-order chi connectivity index (χ1) is 17.6. The summed E-state index contributed by atoms with van der Waals surface area (Å²) in [7, 11) is 0. The van der Waals surface area contributed by atoms with Gasteiger partial charge in [0.2, 0.25) is 6.79 Å². The number of aromatic nitrogens is 1. The summed E-state index contributed by atoms with van der Waals surface area (Å²) in [5, 5.41) is 13.5. The zero-order valence-electron chi connectivity index (χ0n) is 19.2. The molecular weight excluding hydrogens is 522 g/mol. The Labute approximate surface area is 216 Å². The largest absolute Gasteiger partial charge is 0.492 e. The lowest BCUT2D eigenvalue weighted by Gasteiger charge is -2.08. The highest BCUT2D eigenvalue weighted by molar-refractivity contribution is 9.10. The Kier molecular flexibility index (Phi) is 6.92. The van der Waals surface area contributed by atoms with Crippen molar-refractivity contribution in [1.29, 1.82) is 5.26 Å². The molecule has 1 N–H and O–H groups in total. The Morgan fingerprint density at radius 3 is 2.78 bits per heavy atom. The van der Waals surface area contributed by atoms with E-state index in [0.717, 1.165) is 32.3 Å². The number of carbonyl (C=O) groups is 1. The van der Waals surface area contributed by atoms with Crippen molar-refractivity contribution in [2.24, 2.45) is 0 Å². The monoisotopic (exact) mass is 543 g/mol. The van der Waals surface area contributed by atoms with Gasteiger partial charge in [-0.3, -0.25) is 4.79 Å². The first kappa shape index (κ1) is 23.5. The minimum Gasteiger partial charge on any atom is -0.492 e. The molecule has 0 saturated carbocycles. The fourth-order valence-electron chi connectivity index (χ4n) is 4.01. The number of halogens is 1. The molecule has 5 rings (SSSR count). The maximum atomic E-state index is 12.8. The first-order valence-electron chi connectivity index (χ1n) is 11.4. The number of rotatable bonds is 8. The summed E-state index contributed by atoms with van der Waals surface area (Å²) in [5.41, 5.74) is 2.64. The fourth-order valence-corrected chi connectivity index (χ4v) is 4.37. The van der Waals surface area contributed by atoms with Gasteiger partial charge in [-0.15, -0.1) is 0 Å².